The molecular formula is C23H22N4O2S2. The molecule has 0 spiro atoms. The summed E-state index contributed by atoms with van der Waals surface area (Å²) in [4.78, 5) is 21.5. The molecule has 0 aliphatic heterocycles. The Balaban J connectivity index is 1.30. The molecule has 2 aromatic heterocycles. The minimum absolute atomic E-state index is 0.0974. The number of aryl methyl sites for hydroxylation is 2. The van der Waals surface area contributed by atoms with E-state index in [9.17, 15) is 10.1 Å². The zero-order chi connectivity index (χ0) is 21.6. The first-order valence-electron chi connectivity index (χ1n) is 10.2. The van der Waals surface area contributed by atoms with Crippen LogP contribution in [0.25, 0.3) is 11.3 Å². The van der Waals surface area contributed by atoms with Gasteiger partial charge in [0.1, 0.15) is 16.8 Å². The molecule has 2 heterocycles. The molecule has 0 saturated carbocycles. The van der Waals surface area contributed by atoms with Crippen LogP contribution < -0.4 is 10.1 Å². The number of nitriles is 1. The molecule has 0 fully saturated rings. The molecule has 1 aromatic carbocycles. The average Bonchev–Trinajstić information content (AvgIpc) is 3.43. The van der Waals surface area contributed by atoms with Gasteiger partial charge in [-0.2, -0.15) is 5.26 Å². The number of pyridine rings is 1. The van der Waals surface area contributed by atoms with Gasteiger partial charge in [0.2, 0.25) is 5.91 Å². The lowest BCUT2D eigenvalue weighted by Crippen LogP contribution is -2.12. The van der Waals surface area contributed by atoms with Crippen molar-refractivity contribution in [3.8, 4) is 23.1 Å². The van der Waals surface area contributed by atoms with E-state index in [0.717, 1.165) is 47.0 Å². The maximum Gasteiger partial charge on any atom is 0.226 e. The zero-order valence-electron chi connectivity index (χ0n) is 17.2. The summed E-state index contributed by atoms with van der Waals surface area (Å²) < 4.78 is 5.46. The van der Waals surface area contributed by atoms with Gasteiger partial charge in [-0.3, -0.25) is 4.79 Å². The molecular weight excluding hydrogens is 428 g/mol. The van der Waals surface area contributed by atoms with Crippen LogP contribution in [0.4, 0.5) is 5.13 Å². The first-order valence-corrected chi connectivity index (χ1v) is 12.1. The minimum Gasteiger partial charge on any atom is -0.494 e. The van der Waals surface area contributed by atoms with Crippen LogP contribution in [-0.4, -0.2) is 28.2 Å². The van der Waals surface area contributed by atoms with Crippen molar-refractivity contribution in [3.05, 3.63) is 52.5 Å². The lowest BCUT2D eigenvalue weighted by molar-refractivity contribution is -0.115. The number of thiazole rings is 1. The van der Waals surface area contributed by atoms with E-state index in [4.69, 9.17) is 4.74 Å². The quantitative estimate of drug-likeness (QED) is 0.481. The van der Waals surface area contributed by atoms with Crippen molar-refractivity contribution in [2.75, 3.05) is 17.7 Å². The number of anilines is 1. The van der Waals surface area contributed by atoms with E-state index >= 15 is 0 Å². The third kappa shape index (κ3) is 5.24. The SMILES string of the molecule is CCOc1ccc(-c2csc(NC(=O)CCSc3nc4c(cc3C#N)CCC4)n2)cc1. The summed E-state index contributed by atoms with van der Waals surface area (Å²) in [5.74, 6) is 1.29. The van der Waals surface area contributed by atoms with E-state index in [1.165, 1.54) is 28.7 Å². The third-order valence-electron chi connectivity index (χ3n) is 4.92. The van der Waals surface area contributed by atoms with Crippen LogP contribution >= 0.6 is 23.1 Å². The molecule has 1 amide bonds. The van der Waals surface area contributed by atoms with E-state index < -0.39 is 0 Å². The second-order valence-corrected chi connectivity index (χ2v) is 9.00. The van der Waals surface area contributed by atoms with Gasteiger partial charge in [0.05, 0.1) is 17.9 Å². The van der Waals surface area contributed by atoms with Crippen LogP contribution in [0.2, 0.25) is 0 Å². The number of carbonyl (C=O) groups excluding carboxylic acids is 1. The number of benzene rings is 1. The van der Waals surface area contributed by atoms with Crippen molar-refractivity contribution in [1.29, 1.82) is 5.26 Å². The van der Waals surface area contributed by atoms with Crippen molar-refractivity contribution in [1.82, 2.24) is 9.97 Å². The number of hydrogen-bond acceptors (Lipinski definition) is 7. The molecule has 0 saturated heterocycles. The number of aromatic nitrogens is 2. The van der Waals surface area contributed by atoms with E-state index in [0.29, 0.717) is 29.5 Å². The molecule has 0 radical (unpaired) electrons. The largest absolute Gasteiger partial charge is 0.494 e. The van der Waals surface area contributed by atoms with Gasteiger partial charge in [-0.1, -0.05) is 0 Å². The number of nitrogens with one attached hydrogen (secondary N) is 1. The zero-order valence-corrected chi connectivity index (χ0v) is 18.8. The van der Waals surface area contributed by atoms with Crippen molar-refractivity contribution in [3.63, 3.8) is 0 Å². The Morgan fingerprint density at radius 1 is 1.29 bits per heavy atom. The molecule has 31 heavy (non-hydrogen) atoms. The van der Waals surface area contributed by atoms with Crippen LogP contribution in [0.3, 0.4) is 0 Å². The van der Waals surface area contributed by atoms with Gasteiger partial charge in [0, 0.05) is 28.8 Å². The Hall–Kier alpha value is -2.89. The van der Waals surface area contributed by atoms with Crippen molar-refractivity contribution in [2.24, 2.45) is 0 Å². The molecule has 3 aromatic rings. The number of hydrogen-bond donors (Lipinski definition) is 1. The number of thioether (sulfide) groups is 1. The normalized spacial score (nSPS) is 12.3. The molecule has 0 bridgehead atoms. The highest BCUT2D eigenvalue weighted by molar-refractivity contribution is 7.99. The van der Waals surface area contributed by atoms with Gasteiger partial charge >= 0.3 is 0 Å². The standard InChI is InChI=1S/C23H22N4O2S2/c1-2-29-18-8-6-15(7-9-18)20-14-31-23(26-20)27-21(28)10-11-30-22-17(13-24)12-16-4-3-5-19(16)25-22/h6-9,12,14H,2-5,10-11H2,1H3,(H,26,27,28). The predicted molar refractivity (Wildman–Crippen MR) is 124 cm³/mol. The lowest BCUT2D eigenvalue weighted by Gasteiger charge is -2.06. The topological polar surface area (TPSA) is 87.9 Å². The van der Waals surface area contributed by atoms with Crippen molar-refractivity contribution >= 4 is 34.1 Å². The summed E-state index contributed by atoms with van der Waals surface area (Å²) in [5, 5.41) is 15.5. The first kappa shape index (κ1) is 21.3. The smallest absolute Gasteiger partial charge is 0.226 e. The van der Waals surface area contributed by atoms with Gasteiger partial charge in [0.15, 0.2) is 5.13 Å². The Bertz CT molecular complexity index is 1120. The molecule has 1 aliphatic rings. The fourth-order valence-electron chi connectivity index (χ4n) is 3.42. The minimum atomic E-state index is -0.0974. The fraction of sp³-hybridized carbons (Fsp3) is 0.304. The van der Waals surface area contributed by atoms with E-state index in [-0.39, 0.29) is 5.91 Å². The Labute approximate surface area is 189 Å². The number of fused-ring (bicyclic) bond motifs is 1. The number of carbonyl (C=O) groups is 1. The number of amides is 1. The van der Waals surface area contributed by atoms with E-state index in [1.54, 1.807) is 0 Å². The highest BCUT2D eigenvalue weighted by Crippen LogP contribution is 2.29. The average molecular weight is 451 g/mol. The van der Waals surface area contributed by atoms with Gasteiger partial charge in [-0.05, 0) is 62.1 Å². The second kappa shape index (κ2) is 9.94. The Kier molecular flexibility index (Phi) is 6.85. The summed E-state index contributed by atoms with van der Waals surface area (Å²) in [6.07, 6.45) is 3.38. The van der Waals surface area contributed by atoms with Gasteiger partial charge < -0.3 is 10.1 Å². The summed E-state index contributed by atoms with van der Waals surface area (Å²) in [6, 6.07) is 11.9. The third-order valence-corrected chi connectivity index (χ3v) is 6.67. The van der Waals surface area contributed by atoms with E-state index in [2.05, 4.69) is 21.4 Å². The van der Waals surface area contributed by atoms with Crippen molar-refractivity contribution < 1.29 is 9.53 Å². The Morgan fingerprint density at radius 2 is 2.13 bits per heavy atom. The highest BCUT2D eigenvalue weighted by Gasteiger charge is 2.17. The number of rotatable bonds is 8. The van der Waals surface area contributed by atoms with Gasteiger partial charge in [-0.15, -0.1) is 23.1 Å². The van der Waals surface area contributed by atoms with Crippen molar-refractivity contribution in [2.45, 2.75) is 37.6 Å². The fourth-order valence-corrected chi connectivity index (χ4v) is 5.07. The lowest BCUT2D eigenvalue weighted by atomic mass is 10.2. The molecule has 0 atom stereocenters. The van der Waals surface area contributed by atoms with Crippen LogP contribution in [0, 0.1) is 11.3 Å². The summed E-state index contributed by atoms with van der Waals surface area (Å²) in [7, 11) is 0. The first-order chi connectivity index (χ1) is 15.2. The monoisotopic (exact) mass is 450 g/mol. The highest BCUT2D eigenvalue weighted by atomic mass is 32.2. The molecule has 1 N–H and O–H groups in total. The van der Waals surface area contributed by atoms with Crippen LogP contribution in [0.5, 0.6) is 5.75 Å². The number of ether oxygens (including phenoxy) is 1. The van der Waals surface area contributed by atoms with Crippen LogP contribution in [-0.2, 0) is 17.6 Å². The second-order valence-electron chi connectivity index (χ2n) is 7.05. The van der Waals surface area contributed by atoms with Gasteiger partial charge in [0.25, 0.3) is 0 Å². The van der Waals surface area contributed by atoms with Gasteiger partial charge in [-0.25, -0.2) is 9.97 Å². The maximum atomic E-state index is 12.3. The molecule has 8 heteroatoms. The summed E-state index contributed by atoms with van der Waals surface area (Å²) in [6.45, 7) is 2.58. The number of nitrogens with zero attached hydrogens (tertiary/aromatic N) is 3. The Morgan fingerprint density at radius 3 is 2.90 bits per heavy atom. The van der Waals surface area contributed by atoms with Crippen LogP contribution in [0.15, 0.2) is 40.7 Å². The molecule has 6 nitrogen and oxygen atoms in total. The molecule has 1 aliphatic carbocycles. The summed E-state index contributed by atoms with van der Waals surface area (Å²) >= 11 is 2.86. The molecule has 4 rings (SSSR count). The molecule has 158 valence electrons. The van der Waals surface area contributed by atoms with Crippen LogP contribution in [0.1, 0.15) is 36.6 Å². The maximum absolute atomic E-state index is 12.3. The molecule has 0 unspecified atom stereocenters. The van der Waals surface area contributed by atoms with E-state index in [1.807, 2.05) is 42.6 Å². The predicted octanol–water partition coefficient (Wildman–Crippen LogP) is 5.09. The summed E-state index contributed by atoms with van der Waals surface area (Å²) in [5.41, 5.74) is 4.67.